The molecule has 3 rings (SSSR count). The summed E-state index contributed by atoms with van der Waals surface area (Å²) in [7, 11) is 1.64. The zero-order valence-corrected chi connectivity index (χ0v) is 18.3. The van der Waals surface area contributed by atoms with Crippen molar-refractivity contribution in [2.24, 2.45) is 5.73 Å². The first-order valence-electron chi connectivity index (χ1n) is 10.5. The van der Waals surface area contributed by atoms with Crippen LogP contribution in [0, 0.1) is 18.6 Å². The van der Waals surface area contributed by atoms with E-state index in [9.17, 15) is 13.6 Å². The fourth-order valence-electron chi connectivity index (χ4n) is 3.49. The van der Waals surface area contributed by atoms with Crippen LogP contribution in [0.1, 0.15) is 29.9 Å². The fourth-order valence-corrected chi connectivity index (χ4v) is 3.49. The van der Waals surface area contributed by atoms with Gasteiger partial charge in [-0.25, -0.2) is 13.8 Å². The van der Waals surface area contributed by atoms with Crippen LogP contribution in [0.5, 0.6) is 0 Å². The molecule has 0 radical (unpaired) electrons. The fraction of sp³-hybridized carbons (Fsp3) is 0.333. The van der Waals surface area contributed by atoms with Crippen LogP contribution in [0.4, 0.5) is 8.78 Å². The summed E-state index contributed by atoms with van der Waals surface area (Å²) in [4.78, 5) is 16.8. The lowest BCUT2D eigenvalue weighted by molar-refractivity contribution is -0.121. The average molecular weight is 443 g/mol. The Labute approximate surface area is 186 Å². The number of rotatable bonds is 9. The predicted octanol–water partition coefficient (Wildman–Crippen LogP) is 3.42. The Kier molecular flexibility index (Phi) is 7.94. The summed E-state index contributed by atoms with van der Waals surface area (Å²) in [6, 6.07) is 3.16. The number of aromatic nitrogens is 2. The Morgan fingerprint density at radius 1 is 1.31 bits per heavy atom. The number of carbonyl (C=O) groups is 1. The van der Waals surface area contributed by atoms with E-state index in [1.807, 2.05) is 42.0 Å². The molecule has 32 heavy (non-hydrogen) atoms. The van der Waals surface area contributed by atoms with E-state index in [2.05, 4.69) is 10.3 Å². The molecule has 1 atom stereocenters. The zero-order chi connectivity index (χ0) is 23.1. The summed E-state index contributed by atoms with van der Waals surface area (Å²) in [6.07, 6.45) is 11.0. The lowest BCUT2D eigenvalue weighted by atomic mass is 10.0. The Balaban J connectivity index is 1.48. The van der Waals surface area contributed by atoms with Gasteiger partial charge < -0.3 is 20.4 Å². The Hall–Kier alpha value is -3.26. The van der Waals surface area contributed by atoms with Crippen molar-refractivity contribution in [1.82, 2.24) is 14.9 Å². The molecule has 0 saturated carbocycles. The highest BCUT2D eigenvalue weighted by Gasteiger charge is 2.13. The number of amides is 1. The number of nitrogens with zero attached hydrogens (tertiary/aromatic N) is 2. The van der Waals surface area contributed by atoms with E-state index in [1.165, 1.54) is 6.07 Å². The van der Waals surface area contributed by atoms with Crippen molar-refractivity contribution in [3.05, 3.63) is 83.2 Å². The van der Waals surface area contributed by atoms with Crippen LogP contribution in [0.2, 0.25) is 0 Å². The number of methoxy groups -OCH3 is 1. The predicted molar refractivity (Wildman–Crippen MR) is 119 cm³/mol. The van der Waals surface area contributed by atoms with Crippen molar-refractivity contribution in [2.45, 2.75) is 38.8 Å². The standard InChI is InChI=1S/C24H28F2N4O2/c1-16-29-23(18-4-3-5-20(32-2)8-7-18)15-30(16)11-10-28-24(31)14-19(27)12-17-6-9-21(25)22(26)13-17/h3,5-9,13,15,19H,4,10-12,14,27H2,1-2H3,(H,28,31). The second-order valence-corrected chi connectivity index (χ2v) is 7.71. The van der Waals surface area contributed by atoms with Crippen molar-refractivity contribution in [3.63, 3.8) is 0 Å². The van der Waals surface area contributed by atoms with Gasteiger partial charge in [0.25, 0.3) is 0 Å². The van der Waals surface area contributed by atoms with Crippen molar-refractivity contribution in [2.75, 3.05) is 13.7 Å². The number of halogens is 2. The minimum atomic E-state index is -0.917. The van der Waals surface area contributed by atoms with Gasteiger partial charge in [0, 0.05) is 31.7 Å². The second-order valence-electron chi connectivity index (χ2n) is 7.71. The zero-order valence-electron chi connectivity index (χ0n) is 18.3. The number of carbonyl (C=O) groups excluding carboxylic acids is 1. The summed E-state index contributed by atoms with van der Waals surface area (Å²) in [5.41, 5.74) is 8.53. The van der Waals surface area contributed by atoms with E-state index >= 15 is 0 Å². The van der Waals surface area contributed by atoms with Gasteiger partial charge in [-0.2, -0.15) is 0 Å². The lowest BCUT2D eigenvalue weighted by Gasteiger charge is -2.12. The first kappa shape index (κ1) is 23.4. The van der Waals surface area contributed by atoms with E-state index in [4.69, 9.17) is 10.5 Å². The van der Waals surface area contributed by atoms with E-state index in [-0.39, 0.29) is 18.7 Å². The molecule has 3 N–H and O–H groups in total. The summed E-state index contributed by atoms with van der Waals surface area (Å²) < 4.78 is 33.6. The topological polar surface area (TPSA) is 82.2 Å². The number of aryl methyl sites for hydroxylation is 1. The maximum atomic E-state index is 13.3. The molecule has 0 bridgehead atoms. The number of allylic oxidation sites excluding steroid dienone is 5. The van der Waals surface area contributed by atoms with Crippen LogP contribution in [0.15, 0.2) is 54.5 Å². The van der Waals surface area contributed by atoms with Crippen LogP contribution in [-0.4, -0.2) is 35.2 Å². The largest absolute Gasteiger partial charge is 0.497 e. The number of nitrogens with one attached hydrogen (secondary N) is 1. The maximum Gasteiger partial charge on any atom is 0.221 e. The molecule has 1 aliphatic rings. The van der Waals surface area contributed by atoms with E-state index in [1.54, 1.807) is 7.11 Å². The smallest absolute Gasteiger partial charge is 0.221 e. The molecule has 1 aliphatic carbocycles. The third kappa shape index (κ3) is 6.37. The van der Waals surface area contributed by atoms with Crippen LogP contribution in [0.3, 0.4) is 0 Å². The molecule has 1 amide bonds. The van der Waals surface area contributed by atoms with Crippen molar-refractivity contribution in [3.8, 4) is 0 Å². The van der Waals surface area contributed by atoms with Gasteiger partial charge in [0.05, 0.1) is 12.8 Å². The first-order chi connectivity index (χ1) is 15.4. The highest BCUT2D eigenvalue weighted by molar-refractivity contribution is 5.76. The van der Waals surface area contributed by atoms with Gasteiger partial charge in [0.1, 0.15) is 11.6 Å². The Bertz CT molecular complexity index is 1060. The molecule has 1 heterocycles. The number of hydrogen-bond acceptors (Lipinski definition) is 4. The van der Waals surface area contributed by atoms with E-state index < -0.39 is 17.7 Å². The second kappa shape index (κ2) is 10.9. The molecule has 8 heteroatoms. The van der Waals surface area contributed by atoms with Gasteiger partial charge in [0.15, 0.2) is 11.6 Å². The summed E-state index contributed by atoms with van der Waals surface area (Å²) in [5.74, 6) is -0.357. The molecule has 0 spiro atoms. The molecule has 0 aliphatic heterocycles. The Morgan fingerprint density at radius 2 is 2.12 bits per heavy atom. The van der Waals surface area contributed by atoms with Gasteiger partial charge in [-0.1, -0.05) is 18.2 Å². The molecular weight excluding hydrogens is 414 g/mol. The summed E-state index contributed by atoms with van der Waals surface area (Å²) in [6.45, 7) is 2.93. The number of hydrogen-bond donors (Lipinski definition) is 2. The van der Waals surface area contributed by atoms with Gasteiger partial charge in [-0.15, -0.1) is 0 Å². The van der Waals surface area contributed by atoms with E-state index in [0.29, 0.717) is 18.7 Å². The highest BCUT2D eigenvalue weighted by Crippen LogP contribution is 2.22. The third-order valence-electron chi connectivity index (χ3n) is 5.21. The first-order valence-corrected chi connectivity index (χ1v) is 10.5. The monoisotopic (exact) mass is 442 g/mol. The van der Waals surface area contributed by atoms with Crippen molar-refractivity contribution < 1.29 is 18.3 Å². The average Bonchev–Trinajstić information content (AvgIpc) is 2.96. The molecule has 0 saturated heterocycles. The molecular formula is C24H28F2N4O2. The minimum Gasteiger partial charge on any atom is -0.497 e. The normalized spacial score (nSPS) is 14.4. The van der Waals surface area contributed by atoms with Crippen molar-refractivity contribution >= 4 is 11.5 Å². The molecule has 0 fully saturated rings. The maximum absolute atomic E-state index is 13.3. The van der Waals surface area contributed by atoms with Crippen molar-refractivity contribution in [1.29, 1.82) is 0 Å². The SMILES string of the molecule is COC1=CC=C(c2cn(CCNC(=O)CC(N)Cc3ccc(F)c(F)c3)c(C)n2)CC=C1. The molecule has 6 nitrogen and oxygen atoms in total. The third-order valence-corrected chi connectivity index (χ3v) is 5.21. The minimum absolute atomic E-state index is 0.0978. The highest BCUT2D eigenvalue weighted by atomic mass is 19.2. The van der Waals surface area contributed by atoms with Gasteiger partial charge in [-0.3, -0.25) is 4.79 Å². The Morgan fingerprint density at radius 3 is 2.88 bits per heavy atom. The molecule has 1 aromatic carbocycles. The summed E-state index contributed by atoms with van der Waals surface area (Å²) in [5, 5.41) is 2.85. The molecule has 1 aromatic heterocycles. The molecule has 1 unspecified atom stereocenters. The number of nitrogens with two attached hydrogens (primary N) is 1. The van der Waals surface area contributed by atoms with Gasteiger partial charge >= 0.3 is 0 Å². The number of benzene rings is 1. The van der Waals surface area contributed by atoms with E-state index in [0.717, 1.165) is 41.4 Å². The number of imidazole rings is 1. The molecule has 2 aromatic rings. The van der Waals surface area contributed by atoms with Crippen LogP contribution in [-0.2, 0) is 22.5 Å². The molecule has 170 valence electrons. The quantitative estimate of drug-likeness (QED) is 0.624. The summed E-state index contributed by atoms with van der Waals surface area (Å²) >= 11 is 0. The van der Waals surface area contributed by atoms with Crippen LogP contribution < -0.4 is 11.1 Å². The van der Waals surface area contributed by atoms with Crippen LogP contribution >= 0.6 is 0 Å². The van der Waals surface area contributed by atoms with Gasteiger partial charge in [-0.05, 0) is 55.2 Å². The van der Waals surface area contributed by atoms with Gasteiger partial charge in [0.2, 0.25) is 5.91 Å². The lowest BCUT2D eigenvalue weighted by Crippen LogP contribution is -2.34. The number of ether oxygens (including phenoxy) is 1. The van der Waals surface area contributed by atoms with Crippen LogP contribution in [0.25, 0.3) is 5.57 Å².